The molecule has 0 aliphatic carbocycles. The predicted octanol–water partition coefficient (Wildman–Crippen LogP) is 13.6. The normalized spacial score (nSPS) is 11.6. The molecule has 0 radical (unpaired) electrons. The van der Waals surface area contributed by atoms with Gasteiger partial charge < -0.3 is 23.4 Å². The van der Waals surface area contributed by atoms with Gasteiger partial charge in [-0.2, -0.15) is 12.1 Å². The van der Waals surface area contributed by atoms with Gasteiger partial charge >= 0.3 is 0 Å². The van der Waals surface area contributed by atoms with E-state index in [2.05, 4.69) is 188 Å². The number of pyridine rings is 1. The van der Waals surface area contributed by atoms with Gasteiger partial charge in [-0.05, 0) is 64.6 Å². The van der Waals surface area contributed by atoms with E-state index in [0.717, 1.165) is 72.5 Å². The van der Waals surface area contributed by atoms with Crippen LogP contribution in [0.1, 0.15) is 0 Å². The average Bonchev–Trinajstić information content (AvgIpc) is 4.13. The standard InChI is InChI=1S/C56H33N5OS.Pt/c1-5-22-46-41(18-1)42-19-2-6-23-47(42)60(46)52-28-13-29-53(61-48-24-7-3-20-43(48)44-21-4-8-25-49(44)61)56(52)59-36-58(50-26-9-10-27-51(50)59)38-15-12-17-40(35-38)62-39-16-11-14-37(34-39)55-45-31-33-63-54(45)30-32-57-55;/h1-33H;/q-2;. The fraction of sp³-hybridized carbons (Fsp3) is 0. The van der Waals surface area contributed by atoms with Crippen molar-refractivity contribution in [1.29, 1.82) is 0 Å². The minimum absolute atomic E-state index is 0. The van der Waals surface area contributed by atoms with Crippen molar-refractivity contribution in [3.8, 4) is 45.5 Å². The van der Waals surface area contributed by atoms with Gasteiger partial charge in [-0.25, -0.2) is 0 Å². The van der Waals surface area contributed by atoms with Crippen molar-refractivity contribution in [3.63, 3.8) is 0 Å². The maximum atomic E-state index is 6.52. The molecule has 13 rings (SSSR count). The summed E-state index contributed by atoms with van der Waals surface area (Å²) in [6, 6.07) is 73.0. The first-order valence-corrected chi connectivity index (χ1v) is 21.8. The first-order valence-electron chi connectivity index (χ1n) is 20.9. The fourth-order valence-electron chi connectivity index (χ4n) is 9.38. The third-order valence-electron chi connectivity index (χ3n) is 12.0. The van der Waals surface area contributed by atoms with Gasteiger partial charge in [-0.15, -0.1) is 47.2 Å². The van der Waals surface area contributed by atoms with Gasteiger partial charge in [0.15, 0.2) is 0 Å². The average molecular weight is 1020 g/mol. The van der Waals surface area contributed by atoms with Crippen LogP contribution >= 0.6 is 11.3 Å². The Kier molecular flexibility index (Phi) is 9.15. The molecule has 0 fully saturated rings. The maximum absolute atomic E-state index is 6.52. The molecule has 306 valence electrons. The van der Waals surface area contributed by atoms with Crippen LogP contribution in [-0.2, 0) is 21.1 Å². The Morgan fingerprint density at radius 3 is 1.64 bits per heavy atom. The van der Waals surface area contributed by atoms with Crippen LogP contribution in [0, 0.1) is 18.5 Å². The molecule has 0 bridgehead atoms. The second kappa shape index (κ2) is 15.3. The molecule has 0 saturated carbocycles. The number of imidazole rings is 1. The van der Waals surface area contributed by atoms with E-state index in [9.17, 15) is 0 Å². The van der Waals surface area contributed by atoms with Crippen molar-refractivity contribution in [2.24, 2.45) is 0 Å². The summed E-state index contributed by atoms with van der Waals surface area (Å²) in [5.41, 5.74) is 12.1. The Balaban J connectivity index is 0.00000433. The summed E-state index contributed by atoms with van der Waals surface area (Å²) in [5.74, 6) is 1.15. The zero-order valence-electron chi connectivity index (χ0n) is 33.9. The molecular weight excluding hydrogens is 986 g/mol. The summed E-state index contributed by atoms with van der Waals surface area (Å²) >= 11 is 1.70. The predicted molar refractivity (Wildman–Crippen MR) is 255 cm³/mol. The number of rotatable bonds is 7. The number of hydrogen-bond acceptors (Lipinski definition) is 3. The van der Waals surface area contributed by atoms with Crippen LogP contribution in [0.4, 0.5) is 0 Å². The summed E-state index contributed by atoms with van der Waals surface area (Å²) in [6.07, 6.45) is 5.71. The van der Waals surface area contributed by atoms with E-state index in [-0.39, 0.29) is 21.1 Å². The van der Waals surface area contributed by atoms with Crippen LogP contribution in [0.2, 0.25) is 0 Å². The molecule has 6 nitrogen and oxygen atoms in total. The molecule has 5 heterocycles. The van der Waals surface area contributed by atoms with Gasteiger partial charge in [-0.1, -0.05) is 115 Å². The van der Waals surface area contributed by atoms with E-state index in [1.807, 2.05) is 48.7 Å². The molecular formula is C56H33N5OPtS-2. The summed E-state index contributed by atoms with van der Waals surface area (Å²) in [4.78, 5) is 4.71. The van der Waals surface area contributed by atoms with Crippen molar-refractivity contribution in [3.05, 3.63) is 218 Å². The van der Waals surface area contributed by atoms with Gasteiger partial charge in [0.25, 0.3) is 6.33 Å². The number of fused-ring (bicyclic) bond motifs is 8. The minimum Gasteiger partial charge on any atom is -0.503 e. The largest absolute Gasteiger partial charge is 0.503 e. The van der Waals surface area contributed by atoms with E-state index in [4.69, 9.17) is 9.72 Å². The topological polar surface area (TPSA) is 40.8 Å². The SMILES string of the molecule is [Pt].[c-]1c(Oc2[c-]c(-n3[c-][n+](-c4c(-n5c6ccccc6c6ccccc65)cccc4-n4c5ccccc5c5ccccc54)c4ccccc43)ccc2)cccc1-c1nccc2sccc12. The first kappa shape index (κ1) is 38.1. The van der Waals surface area contributed by atoms with Crippen LogP contribution in [0.25, 0.3) is 98.7 Å². The Labute approximate surface area is 386 Å². The number of nitrogens with zero attached hydrogens (tertiary/aromatic N) is 5. The van der Waals surface area contributed by atoms with E-state index < -0.39 is 0 Å². The molecule has 0 N–H and O–H groups in total. The molecule has 0 aliphatic heterocycles. The second-order valence-corrected chi connectivity index (χ2v) is 16.5. The summed E-state index contributed by atoms with van der Waals surface area (Å²) < 4.78 is 16.8. The van der Waals surface area contributed by atoms with Crippen molar-refractivity contribution in [2.45, 2.75) is 0 Å². The second-order valence-electron chi connectivity index (χ2n) is 15.6. The van der Waals surface area contributed by atoms with Crippen LogP contribution in [0.5, 0.6) is 11.5 Å². The number of hydrogen-bond donors (Lipinski definition) is 0. The van der Waals surface area contributed by atoms with Crippen LogP contribution in [0.15, 0.2) is 200 Å². The van der Waals surface area contributed by atoms with Gasteiger partial charge in [0, 0.05) is 65.0 Å². The van der Waals surface area contributed by atoms with E-state index >= 15 is 0 Å². The Morgan fingerprint density at radius 2 is 1.02 bits per heavy atom. The monoisotopic (exact) mass is 1020 g/mol. The molecule has 64 heavy (non-hydrogen) atoms. The zero-order chi connectivity index (χ0) is 41.4. The molecule has 8 heteroatoms. The number of aromatic nitrogens is 5. The van der Waals surface area contributed by atoms with Crippen LogP contribution in [-0.4, -0.2) is 18.7 Å². The quantitative estimate of drug-likeness (QED) is 0.118. The minimum atomic E-state index is 0. The van der Waals surface area contributed by atoms with Crippen LogP contribution < -0.4 is 9.30 Å². The summed E-state index contributed by atoms with van der Waals surface area (Å²) in [7, 11) is 0. The third kappa shape index (κ3) is 5.96. The van der Waals surface area contributed by atoms with Gasteiger partial charge in [0.05, 0.1) is 44.5 Å². The molecule has 8 aromatic carbocycles. The Morgan fingerprint density at radius 1 is 0.484 bits per heavy atom. The van der Waals surface area contributed by atoms with Gasteiger partial charge in [0.2, 0.25) is 0 Å². The van der Waals surface area contributed by atoms with E-state index in [0.29, 0.717) is 11.5 Å². The number of ether oxygens (including phenoxy) is 1. The van der Waals surface area contributed by atoms with Crippen molar-refractivity contribution < 1.29 is 30.4 Å². The van der Waals surface area contributed by atoms with Crippen molar-refractivity contribution >= 4 is 76.1 Å². The number of benzene rings is 8. The molecule has 0 unspecified atom stereocenters. The maximum Gasteiger partial charge on any atom is 0.268 e. The molecule has 5 aromatic heterocycles. The zero-order valence-corrected chi connectivity index (χ0v) is 37.0. The fourth-order valence-corrected chi connectivity index (χ4v) is 10.2. The van der Waals surface area contributed by atoms with Crippen LogP contribution in [0.3, 0.4) is 0 Å². The Hall–Kier alpha value is -7.57. The van der Waals surface area contributed by atoms with Crippen molar-refractivity contribution in [2.75, 3.05) is 0 Å². The van der Waals surface area contributed by atoms with E-state index in [1.54, 1.807) is 11.3 Å². The molecule has 0 amide bonds. The first-order chi connectivity index (χ1) is 31.3. The van der Waals surface area contributed by atoms with Crippen molar-refractivity contribution in [1.82, 2.24) is 18.7 Å². The molecule has 0 aliphatic rings. The number of thiophene rings is 1. The smallest absolute Gasteiger partial charge is 0.268 e. The molecule has 0 spiro atoms. The van der Waals surface area contributed by atoms with E-state index in [1.165, 1.54) is 26.2 Å². The molecule has 13 aromatic rings. The third-order valence-corrected chi connectivity index (χ3v) is 12.9. The summed E-state index contributed by atoms with van der Waals surface area (Å²) in [6.45, 7) is 0. The van der Waals surface area contributed by atoms with Gasteiger partial charge in [-0.3, -0.25) is 4.57 Å². The van der Waals surface area contributed by atoms with Gasteiger partial charge in [0.1, 0.15) is 5.69 Å². The molecule has 0 atom stereocenters. The molecule has 0 saturated heterocycles. The number of para-hydroxylation sites is 7. The summed E-state index contributed by atoms with van der Waals surface area (Å²) in [5, 5.41) is 8.00. The Bertz CT molecular complexity index is 3690.